The summed E-state index contributed by atoms with van der Waals surface area (Å²) in [7, 11) is -3.65. The number of hydrogen-bond acceptors (Lipinski definition) is 4. The van der Waals surface area contributed by atoms with E-state index in [0.29, 0.717) is 13.0 Å². The summed E-state index contributed by atoms with van der Waals surface area (Å²) in [6.07, 6.45) is -0.542. The van der Waals surface area contributed by atoms with Gasteiger partial charge in [-0.25, -0.2) is 13.6 Å². The smallest absolute Gasteiger partial charge is 0.216 e. The van der Waals surface area contributed by atoms with Gasteiger partial charge in [0.2, 0.25) is 10.0 Å². The molecule has 66 valence electrons. The number of hydrogen-bond donors (Lipinski definition) is 2. The normalized spacial score (nSPS) is 33.6. The minimum atomic E-state index is -3.65. The van der Waals surface area contributed by atoms with Crippen LogP contribution in [0.4, 0.5) is 0 Å². The predicted octanol–water partition coefficient (Wildman–Crippen LogP) is -1.58. The molecule has 5 nitrogen and oxygen atoms in total. The number of nitrogens with two attached hydrogens (primary N) is 1. The first kappa shape index (κ1) is 8.92. The van der Waals surface area contributed by atoms with E-state index in [0.717, 1.165) is 0 Å². The van der Waals surface area contributed by atoms with Crippen molar-refractivity contribution >= 4 is 10.0 Å². The Morgan fingerprint density at radius 3 is 2.55 bits per heavy atom. The SMILES string of the molecule is NS(=O)(=O)C1COCCC1O. The molecular formula is C5H11NO4S. The summed E-state index contributed by atoms with van der Waals surface area (Å²) in [5, 5.41) is 13.1. The molecule has 11 heavy (non-hydrogen) atoms. The summed E-state index contributed by atoms with van der Waals surface area (Å²) in [4.78, 5) is 0. The standard InChI is InChI=1S/C5H11NO4S/c6-11(8,9)5-3-10-2-1-4(5)7/h4-5,7H,1-3H2,(H2,6,8,9). The van der Waals surface area contributed by atoms with E-state index in [1.54, 1.807) is 0 Å². The minimum Gasteiger partial charge on any atom is -0.392 e. The second kappa shape index (κ2) is 3.06. The molecular weight excluding hydrogens is 170 g/mol. The molecule has 6 heteroatoms. The molecule has 3 N–H and O–H groups in total. The third-order valence-electron chi connectivity index (χ3n) is 1.69. The van der Waals surface area contributed by atoms with Crippen LogP contribution < -0.4 is 5.14 Å². The largest absolute Gasteiger partial charge is 0.392 e. The van der Waals surface area contributed by atoms with E-state index in [2.05, 4.69) is 0 Å². The summed E-state index contributed by atoms with van der Waals surface area (Å²) >= 11 is 0. The Kier molecular flexibility index (Phi) is 2.48. The first-order chi connectivity index (χ1) is 5.02. The van der Waals surface area contributed by atoms with Crippen molar-refractivity contribution in [2.45, 2.75) is 17.8 Å². The van der Waals surface area contributed by atoms with Crippen molar-refractivity contribution in [2.24, 2.45) is 5.14 Å². The predicted molar refractivity (Wildman–Crippen MR) is 38.3 cm³/mol. The van der Waals surface area contributed by atoms with Gasteiger partial charge in [0.15, 0.2) is 0 Å². The van der Waals surface area contributed by atoms with E-state index in [9.17, 15) is 8.42 Å². The maximum Gasteiger partial charge on any atom is 0.216 e. The van der Waals surface area contributed by atoms with Gasteiger partial charge < -0.3 is 9.84 Å². The Morgan fingerprint density at radius 2 is 2.18 bits per heavy atom. The Balaban J connectivity index is 2.70. The van der Waals surface area contributed by atoms with Gasteiger partial charge in [-0.05, 0) is 6.42 Å². The van der Waals surface area contributed by atoms with E-state index in [4.69, 9.17) is 15.0 Å². The van der Waals surface area contributed by atoms with Gasteiger partial charge in [-0.2, -0.15) is 0 Å². The highest BCUT2D eigenvalue weighted by Crippen LogP contribution is 2.12. The average molecular weight is 181 g/mol. The van der Waals surface area contributed by atoms with Crippen LogP contribution in [-0.4, -0.2) is 38.1 Å². The molecule has 0 spiro atoms. The van der Waals surface area contributed by atoms with Crippen molar-refractivity contribution in [3.05, 3.63) is 0 Å². The number of aliphatic hydroxyl groups excluding tert-OH is 1. The molecule has 1 aliphatic heterocycles. The Bertz CT molecular complexity index is 225. The quantitative estimate of drug-likeness (QED) is 0.511. The molecule has 0 radical (unpaired) electrons. The fourth-order valence-electron chi connectivity index (χ4n) is 1.01. The molecule has 2 unspecified atom stereocenters. The molecule has 1 aliphatic rings. The second-order valence-corrected chi connectivity index (χ2v) is 4.34. The number of rotatable bonds is 1. The average Bonchev–Trinajstić information content (AvgIpc) is 1.86. The van der Waals surface area contributed by atoms with Crippen LogP contribution in [0.5, 0.6) is 0 Å². The van der Waals surface area contributed by atoms with Gasteiger partial charge in [0.25, 0.3) is 0 Å². The fraction of sp³-hybridized carbons (Fsp3) is 1.00. The molecule has 0 bridgehead atoms. The van der Waals surface area contributed by atoms with Crippen LogP contribution in [-0.2, 0) is 14.8 Å². The van der Waals surface area contributed by atoms with Crippen molar-refractivity contribution < 1.29 is 18.3 Å². The lowest BCUT2D eigenvalue weighted by atomic mass is 10.1. The van der Waals surface area contributed by atoms with Crippen LogP contribution in [0.15, 0.2) is 0 Å². The first-order valence-corrected chi connectivity index (χ1v) is 4.90. The van der Waals surface area contributed by atoms with Crippen molar-refractivity contribution in [3.63, 3.8) is 0 Å². The molecule has 1 fully saturated rings. The van der Waals surface area contributed by atoms with Crippen LogP contribution in [0.1, 0.15) is 6.42 Å². The zero-order valence-corrected chi connectivity index (χ0v) is 6.75. The summed E-state index contributed by atoms with van der Waals surface area (Å²) in [5.41, 5.74) is 0. The Hall–Kier alpha value is -0.170. The lowest BCUT2D eigenvalue weighted by Gasteiger charge is -2.25. The topological polar surface area (TPSA) is 89.6 Å². The Morgan fingerprint density at radius 1 is 1.55 bits per heavy atom. The fourth-order valence-corrected chi connectivity index (χ4v) is 1.87. The molecule has 2 atom stereocenters. The molecule has 1 rings (SSSR count). The highest BCUT2D eigenvalue weighted by Gasteiger charge is 2.32. The van der Waals surface area contributed by atoms with Crippen LogP contribution in [0, 0.1) is 0 Å². The second-order valence-electron chi connectivity index (χ2n) is 2.56. The molecule has 0 aromatic carbocycles. The van der Waals surface area contributed by atoms with Crippen LogP contribution in [0.3, 0.4) is 0 Å². The molecule has 0 amide bonds. The summed E-state index contributed by atoms with van der Waals surface area (Å²) < 4.78 is 26.3. The van der Waals surface area contributed by atoms with Gasteiger partial charge in [-0.15, -0.1) is 0 Å². The molecule has 0 aliphatic carbocycles. The summed E-state index contributed by atoms with van der Waals surface area (Å²) in [5.74, 6) is 0. The van der Waals surface area contributed by atoms with Gasteiger partial charge in [0.1, 0.15) is 5.25 Å². The lowest BCUT2D eigenvalue weighted by Crippen LogP contribution is -2.45. The van der Waals surface area contributed by atoms with Crippen molar-refractivity contribution in [3.8, 4) is 0 Å². The zero-order valence-electron chi connectivity index (χ0n) is 5.93. The van der Waals surface area contributed by atoms with Gasteiger partial charge in [0.05, 0.1) is 12.7 Å². The molecule has 1 heterocycles. The first-order valence-electron chi connectivity index (χ1n) is 3.29. The summed E-state index contributed by atoms with van der Waals surface area (Å²) in [6, 6.07) is 0. The van der Waals surface area contributed by atoms with E-state index < -0.39 is 21.4 Å². The maximum atomic E-state index is 10.7. The molecule has 0 aromatic heterocycles. The number of ether oxygens (including phenoxy) is 1. The van der Waals surface area contributed by atoms with Gasteiger partial charge >= 0.3 is 0 Å². The third kappa shape index (κ3) is 2.13. The zero-order chi connectivity index (χ0) is 8.48. The monoisotopic (exact) mass is 181 g/mol. The van der Waals surface area contributed by atoms with Crippen LogP contribution in [0.2, 0.25) is 0 Å². The Labute approximate surface area is 65.2 Å². The van der Waals surface area contributed by atoms with Crippen molar-refractivity contribution in [2.75, 3.05) is 13.2 Å². The van der Waals surface area contributed by atoms with E-state index in [1.807, 2.05) is 0 Å². The summed E-state index contributed by atoms with van der Waals surface area (Å²) in [6.45, 7) is 0.396. The van der Waals surface area contributed by atoms with Crippen molar-refractivity contribution in [1.29, 1.82) is 0 Å². The van der Waals surface area contributed by atoms with Crippen LogP contribution in [0.25, 0.3) is 0 Å². The number of aliphatic hydroxyl groups is 1. The van der Waals surface area contributed by atoms with Crippen molar-refractivity contribution in [1.82, 2.24) is 0 Å². The number of sulfonamides is 1. The highest BCUT2D eigenvalue weighted by molar-refractivity contribution is 7.89. The third-order valence-corrected chi connectivity index (χ3v) is 2.99. The van der Waals surface area contributed by atoms with E-state index in [-0.39, 0.29) is 6.61 Å². The van der Waals surface area contributed by atoms with Gasteiger partial charge in [0, 0.05) is 6.61 Å². The lowest BCUT2D eigenvalue weighted by molar-refractivity contribution is 0.0176. The van der Waals surface area contributed by atoms with Gasteiger partial charge in [-0.3, -0.25) is 0 Å². The van der Waals surface area contributed by atoms with Gasteiger partial charge in [-0.1, -0.05) is 0 Å². The number of primary sulfonamides is 1. The van der Waals surface area contributed by atoms with E-state index >= 15 is 0 Å². The maximum absolute atomic E-state index is 10.7. The highest BCUT2D eigenvalue weighted by atomic mass is 32.2. The molecule has 0 aromatic rings. The molecule has 1 saturated heterocycles. The minimum absolute atomic E-state index is 0.000000000000000222. The molecule has 0 saturated carbocycles. The van der Waals surface area contributed by atoms with Crippen LogP contribution >= 0.6 is 0 Å². The van der Waals surface area contributed by atoms with E-state index in [1.165, 1.54) is 0 Å².